The molecule has 0 bridgehead atoms. The summed E-state index contributed by atoms with van der Waals surface area (Å²) in [5.41, 5.74) is 1.39. The highest BCUT2D eigenvalue weighted by atomic mass is 16.2. The van der Waals surface area contributed by atoms with Gasteiger partial charge in [-0.2, -0.15) is 0 Å². The van der Waals surface area contributed by atoms with Gasteiger partial charge < -0.3 is 15.1 Å². The van der Waals surface area contributed by atoms with Gasteiger partial charge in [-0.25, -0.2) is 14.8 Å². The molecule has 1 aromatic carbocycles. The Morgan fingerprint density at radius 3 is 2.48 bits per heavy atom. The Labute approximate surface area is 185 Å². The van der Waals surface area contributed by atoms with Crippen LogP contribution in [0, 0.1) is 5.92 Å². The minimum Gasteiger partial charge on any atom is -0.338 e. The number of piperazine rings is 1. The van der Waals surface area contributed by atoms with Crippen LogP contribution in [-0.2, 0) is 6.54 Å². The maximum atomic E-state index is 12.7. The van der Waals surface area contributed by atoms with E-state index in [2.05, 4.69) is 62.3 Å². The minimum absolute atomic E-state index is 0.0580. The van der Waals surface area contributed by atoms with Gasteiger partial charge in [-0.15, -0.1) is 0 Å². The lowest BCUT2D eigenvalue weighted by Crippen LogP contribution is -2.57. The fourth-order valence-electron chi connectivity index (χ4n) is 4.66. The van der Waals surface area contributed by atoms with Crippen molar-refractivity contribution in [1.82, 2.24) is 25.1 Å². The summed E-state index contributed by atoms with van der Waals surface area (Å²) in [4.78, 5) is 28.0. The molecule has 1 atom stereocenters. The van der Waals surface area contributed by atoms with Crippen LogP contribution in [0.2, 0.25) is 0 Å². The normalized spacial score (nSPS) is 20.6. The molecule has 1 aromatic heterocycles. The van der Waals surface area contributed by atoms with E-state index in [9.17, 15) is 4.79 Å². The van der Waals surface area contributed by atoms with Crippen molar-refractivity contribution in [3.63, 3.8) is 0 Å². The van der Waals surface area contributed by atoms with E-state index in [1.807, 2.05) is 11.0 Å². The molecule has 0 radical (unpaired) electrons. The molecule has 2 fully saturated rings. The second kappa shape index (κ2) is 10.6. The average molecular weight is 423 g/mol. The van der Waals surface area contributed by atoms with Gasteiger partial charge in [0.25, 0.3) is 0 Å². The van der Waals surface area contributed by atoms with Crippen molar-refractivity contribution in [1.29, 1.82) is 0 Å². The summed E-state index contributed by atoms with van der Waals surface area (Å²) in [6.07, 6.45) is 7.03. The average Bonchev–Trinajstić information content (AvgIpc) is 2.81. The Hall–Kier alpha value is -2.67. The quantitative estimate of drug-likeness (QED) is 0.775. The van der Waals surface area contributed by atoms with E-state index in [1.54, 1.807) is 12.4 Å². The second-order valence-electron chi connectivity index (χ2n) is 8.76. The number of likely N-dealkylation sites (tertiary alicyclic amines) is 1. The number of anilines is 1. The summed E-state index contributed by atoms with van der Waals surface area (Å²) < 4.78 is 0. The molecule has 2 aliphatic heterocycles. The van der Waals surface area contributed by atoms with E-state index >= 15 is 0 Å². The molecule has 0 unspecified atom stereocenters. The molecule has 2 amide bonds. The third kappa shape index (κ3) is 5.94. The van der Waals surface area contributed by atoms with Crippen LogP contribution in [0.25, 0.3) is 0 Å². The Balaban J connectivity index is 1.14. The maximum Gasteiger partial charge on any atom is 0.317 e. The lowest BCUT2D eigenvalue weighted by molar-refractivity contribution is 0.162. The highest BCUT2D eigenvalue weighted by molar-refractivity contribution is 5.74. The molecular weight excluding hydrogens is 388 g/mol. The monoisotopic (exact) mass is 422 g/mol. The Bertz CT molecular complexity index is 809. The van der Waals surface area contributed by atoms with E-state index in [1.165, 1.54) is 18.4 Å². The first-order valence-corrected chi connectivity index (χ1v) is 11.5. The highest BCUT2D eigenvalue weighted by Crippen LogP contribution is 2.21. The third-order valence-corrected chi connectivity index (χ3v) is 6.51. The van der Waals surface area contributed by atoms with Crippen LogP contribution >= 0.6 is 0 Å². The molecule has 2 aliphatic rings. The van der Waals surface area contributed by atoms with Crippen molar-refractivity contribution in [3.05, 3.63) is 54.4 Å². The molecule has 2 aromatic rings. The van der Waals surface area contributed by atoms with Crippen molar-refractivity contribution >= 4 is 12.0 Å². The van der Waals surface area contributed by atoms with E-state index in [-0.39, 0.29) is 12.1 Å². The molecule has 1 N–H and O–H groups in total. The van der Waals surface area contributed by atoms with Gasteiger partial charge in [0.2, 0.25) is 5.95 Å². The number of nitrogens with zero attached hydrogens (tertiary/aromatic N) is 5. The lowest BCUT2D eigenvalue weighted by Gasteiger charge is -2.39. The van der Waals surface area contributed by atoms with Gasteiger partial charge in [0.15, 0.2) is 0 Å². The largest absolute Gasteiger partial charge is 0.338 e. The minimum atomic E-state index is 0.0580. The van der Waals surface area contributed by atoms with Gasteiger partial charge in [-0.3, -0.25) is 4.90 Å². The number of piperidine rings is 1. The first-order valence-electron chi connectivity index (χ1n) is 11.5. The Kier molecular flexibility index (Phi) is 7.35. The number of hydrogen-bond donors (Lipinski definition) is 1. The number of rotatable bonds is 6. The van der Waals surface area contributed by atoms with Crippen molar-refractivity contribution in [3.8, 4) is 0 Å². The molecular formula is C24H34N6O. The van der Waals surface area contributed by atoms with Crippen molar-refractivity contribution < 1.29 is 4.79 Å². The number of urea groups is 1. The zero-order chi connectivity index (χ0) is 21.5. The van der Waals surface area contributed by atoms with Crippen molar-refractivity contribution in [2.24, 2.45) is 5.92 Å². The van der Waals surface area contributed by atoms with E-state index in [0.717, 1.165) is 51.6 Å². The number of amides is 2. The van der Waals surface area contributed by atoms with E-state index in [4.69, 9.17) is 0 Å². The molecule has 166 valence electrons. The highest BCUT2D eigenvalue weighted by Gasteiger charge is 2.28. The van der Waals surface area contributed by atoms with E-state index in [0.29, 0.717) is 12.5 Å². The predicted molar refractivity (Wildman–Crippen MR) is 123 cm³/mol. The zero-order valence-electron chi connectivity index (χ0n) is 18.5. The number of aromatic nitrogens is 2. The molecule has 2 saturated heterocycles. The summed E-state index contributed by atoms with van der Waals surface area (Å²) in [6, 6.07) is 12.7. The lowest BCUT2D eigenvalue weighted by atomic mass is 9.93. The molecule has 7 heteroatoms. The summed E-state index contributed by atoms with van der Waals surface area (Å²) in [6.45, 7) is 8.42. The number of hydrogen-bond acceptors (Lipinski definition) is 5. The predicted octanol–water partition coefficient (Wildman–Crippen LogP) is 3.00. The fraction of sp³-hybridized carbons (Fsp3) is 0.542. The SMILES string of the molecule is C[C@@H]1CN(c2ncccn2)CCN1C(=O)NCCC1CCN(Cc2ccccc2)CC1. The second-order valence-corrected chi connectivity index (χ2v) is 8.76. The topological polar surface area (TPSA) is 64.6 Å². The third-order valence-electron chi connectivity index (χ3n) is 6.51. The van der Waals surface area contributed by atoms with Crippen LogP contribution < -0.4 is 10.2 Å². The zero-order valence-corrected chi connectivity index (χ0v) is 18.5. The molecule has 0 saturated carbocycles. The molecule has 7 nitrogen and oxygen atoms in total. The van der Waals surface area contributed by atoms with Gasteiger partial charge in [-0.05, 0) is 56.8 Å². The van der Waals surface area contributed by atoms with Gasteiger partial charge in [-0.1, -0.05) is 30.3 Å². The molecule has 31 heavy (non-hydrogen) atoms. The standard InChI is InChI=1S/C24H34N6O/c1-20-18-29(23-25-11-5-12-26-23)16-17-30(20)24(31)27-13-8-21-9-14-28(15-10-21)19-22-6-3-2-4-7-22/h2-7,11-12,20-21H,8-10,13-19H2,1H3,(H,27,31)/t20-/m1/s1. The van der Waals surface area contributed by atoms with Crippen LogP contribution in [0.5, 0.6) is 0 Å². The van der Waals surface area contributed by atoms with Crippen molar-refractivity contribution in [2.75, 3.05) is 44.2 Å². The van der Waals surface area contributed by atoms with Gasteiger partial charge in [0, 0.05) is 51.2 Å². The van der Waals surface area contributed by atoms with Gasteiger partial charge in [0.05, 0.1) is 0 Å². The van der Waals surface area contributed by atoms with Crippen LogP contribution in [0.1, 0.15) is 31.7 Å². The summed E-state index contributed by atoms with van der Waals surface area (Å²) >= 11 is 0. The van der Waals surface area contributed by atoms with Gasteiger partial charge in [0.1, 0.15) is 0 Å². The fourth-order valence-corrected chi connectivity index (χ4v) is 4.66. The van der Waals surface area contributed by atoms with Crippen molar-refractivity contribution in [2.45, 2.75) is 38.8 Å². The first-order chi connectivity index (χ1) is 15.2. The smallest absolute Gasteiger partial charge is 0.317 e. The van der Waals surface area contributed by atoms with Crippen LogP contribution in [0.3, 0.4) is 0 Å². The summed E-state index contributed by atoms with van der Waals surface area (Å²) in [5, 5.41) is 3.16. The first kappa shape index (κ1) is 21.6. The maximum absolute atomic E-state index is 12.7. The van der Waals surface area contributed by atoms with Crippen LogP contribution in [-0.4, -0.2) is 71.1 Å². The van der Waals surface area contributed by atoms with Crippen LogP contribution in [0.4, 0.5) is 10.7 Å². The Morgan fingerprint density at radius 2 is 1.77 bits per heavy atom. The van der Waals surface area contributed by atoms with Crippen LogP contribution in [0.15, 0.2) is 48.8 Å². The summed E-state index contributed by atoms with van der Waals surface area (Å²) in [5.74, 6) is 1.45. The number of benzene rings is 1. The number of carbonyl (C=O) groups excluding carboxylic acids is 1. The molecule has 0 spiro atoms. The van der Waals surface area contributed by atoms with E-state index < -0.39 is 0 Å². The Morgan fingerprint density at radius 1 is 1.03 bits per heavy atom. The van der Waals surface area contributed by atoms with Gasteiger partial charge >= 0.3 is 6.03 Å². The number of nitrogens with one attached hydrogen (secondary N) is 1. The molecule has 4 rings (SSSR count). The molecule has 3 heterocycles. The summed E-state index contributed by atoms with van der Waals surface area (Å²) in [7, 11) is 0. The number of carbonyl (C=O) groups is 1. The molecule has 0 aliphatic carbocycles.